The maximum absolute atomic E-state index is 13.2. The molecule has 0 saturated carbocycles. The minimum Gasteiger partial charge on any atom is -0.478 e. The summed E-state index contributed by atoms with van der Waals surface area (Å²) in [6.07, 6.45) is 2.23. The third kappa shape index (κ3) is 11.7. The van der Waals surface area contributed by atoms with Crippen molar-refractivity contribution in [3.05, 3.63) is 120 Å². The van der Waals surface area contributed by atoms with Gasteiger partial charge in [-0.25, -0.2) is 28.6 Å². The van der Waals surface area contributed by atoms with Gasteiger partial charge in [0.05, 0.1) is 17.6 Å². The van der Waals surface area contributed by atoms with E-state index >= 15 is 0 Å². The average Bonchev–Trinajstić information content (AvgIpc) is 3.40. The van der Waals surface area contributed by atoms with Crippen LogP contribution in [-0.4, -0.2) is 84.9 Å². The highest BCUT2D eigenvalue weighted by Gasteiger charge is 2.22. The molecule has 1 aliphatic rings. The van der Waals surface area contributed by atoms with Gasteiger partial charge < -0.3 is 29.9 Å². The molecular formula is C33H33FN4O8. The second-order valence-corrected chi connectivity index (χ2v) is 9.88. The number of imidazole rings is 1. The van der Waals surface area contributed by atoms with E-state index in [2.05, 4.69) is 62.9 Å². The summed E-state index contributed by atoms with van der Waals surface area (Å²) < 4.78 is 15.5. The highest BCUT2D eigenvalue weighted by atomic mass is 19.1. The normalized spacial score (nSPS) is 13.1. The number of halogens is 1. The van der Waals surface area contributed by atoms with Crippen LogP contribution in [0.1, 0.15) is 11.1 Å². The third-order valence-corrected chi connectivity index (χ3v) is 6.53. The number of aliphatic carboxylic acids is 4. The highest BCUT2D eigenvalue weighted by Crippen LogP contribution is 2.25. The summed E-state index contributed by atoms with van der Waals surface area (Å²) in [6, 6.07) is 25.8. The van der Waals surface area contributed by atoms with Crippen molar-refractivity contribution >= 4 is 40.9 Å². The van der Waals surface area contributed by atoms with E-state index in [1.165, 1.54) is 23.2 Å². The molecule has 4 N–H and O–H groups in total. The number of hydrogen-bond donors (Lipinski definition) is 4. The lowest BCUT2D eigenvalue weighted by atomic mass is 10.2. The Morgan fingerprint density at radius 3 is 1.63 bits per heavy atom. The van der Waals surface area contributed by atoms with Crippen LogP contribution in [0.2, 0.25) is 0 Å². The van der Waals surface area contributed by atoms with Crippen LogP contribution >= 0.6 is 0 Å². The van der Waals surface area contributed by atoms with Gasteiger partial charge in [0, 0.05) is 57.0 Å². The molecule has 0 unspecified atom stereocenters. The summed E-state index contributed by atoms with van der Waals surface area (Å²) >= 11 is 0. The molecule has 0 amide bonds. The van der Waals surface area contributed by atoms with E-state index < -0.39 is 23.9 Å². The van der Waals surface area contributed by atoms with Gasteiger partial charge >= 0.3 is 23.9 Å². The van der Waals surface area contributed by atoms with Crippen LogP contribution in [-0.2, 0) is 32.3 Å². The van der Waals surface area contributed by atoms with Gasteiger partial charge in [-0.3, -0.25) is 4.90 Å². The summed E-state index contributed by atoms with van der Waals surface area (Å²) in [6.45, 7) is 5.46. The number of anilines is 1. The van der Waals surface area contributed by atoms with Crippen LogP contribution in [0.5, 0.6) is 0 Å². The molecule has 0 bridgehead atoms. The molecule has 46 heavy (non-hydrogen) atoms. The fourth-order valence-electron chi connectivity index (χ4n) is 4.47. The van der Waals surface area contributed by atoms with Crippen molar-refractivity contribution in [2.75, 3.05) is 31.1 Å². The maximum atomic E-state index is 13.2. The molecule has 3 aromatic carbocycles. The average molecular weight is 633 g/mol. The molecule has 0 radical (unpaired) electrons. The summed E-state index contributed by atoms with van der Waals surface area (Å²) in [4.78, 5) is 48.0. The molecule has 0 atom stereocenters. The Kier molecular flexibility index (Phi) is 13.2. The zero-order valence-corrected chi connectivity index (χ0v) is 24.6. The number of carboxylic acids is 4. The van der Waals surface area contributed by atoms with E-state index in [9.17, 15) is 23.6 Å². The van der Waals surface area contributed by atoms with E-state index in [0.717, 1.165) is 56.3 Å². The standard InChI is InChI=1S/C25H25FN4.2C4H4O4/c26-22-12-10-21(11-13-22)18-28-14-16-29(17-15-28)25-27-23-8-4-5-9-24(23)30(25)19-20-6-2-1-3-7-20;2*5-3(6)1-2-4(7)8/h1-13H,14-19H2;2*1-2H,(H,5,6)(H,7,8)/b;2*2-1+. The van der Waals surface area contributed by atoms with E-state index in [1.54, 1.807) is 0 Å². The number of rotatable bonds is 9. The molecular weight excluding hydrogens is 599 g/mol. The van der Waals surface area contributed by atoms with Crippen LogP contribution in [0.4, 0.5) is 10.3 Å². The van der Waals surface area contributed by atoms with Gasteiger partial charge in [0.25, 0.3) is 0 Å². The Balaban J connectivity index is 0.000000299. The Labute approximate surface area is 263 Å². The molecule has 13 heteroatoms. The lowest BCUT2D eigenvalue weighted by Gasteiger charge is -2.35. The maximum Gasteiger partial charge on any atom is 0.328 e. The summed E-state index contributed by atoms with van der Waals surface area (Å²) in [5, 5.41) is 31.2. The fourth-order valence-corrected chi connectivity index (χ4v) is 4.47. The Hall–Kier alpha value is -5.82. The van der Waals surface area contributed by atoms with Crippen molar-refractivity contribution in [1.29, 1.82) is 0 Å². The van der Waals surface area contributed by atoms with Crippen molar-refractivity contribution in [1.82, 2.24) is 14.5 Å². The number of hydrogen-bond acceptors (Lipinski definition) is 7. The third-order valence-electron chi connectivity index (χ3n) is 6.53. The quantitative estimate of drug-likeness (QED) is 0.197. The van der Waals surface area contributed by atoms with Crippen LogP contribution in [0.3, 0.4) is 0 Å². The monoisotopic (exact) mass is 632 g/mol. The van der Waals surface area contributed by atoms with E-state index in [0.29, 0.717) is 24.3 Å². The first-order valence-electron chi connectivity index (χ1n) is 14.0. The zero-order chi connectivity index (χ0) is 33.5. The molecule has 1 aliphatic heterocycles. The predicted molar refractivity (Wildman–Crippen MR) is 168 cm³/mol. The van der Waals surface area contributed by atoms with Gasteiger partial charge in [-0.15, -0.1) is 0 Å². The van der Waals surface area contributed by atoms with Gasteiger partial charge in [-0.05, 0) is 35.4 Å². The number of para-hydroxylation sites is 2. The van der Waals surface area contributed by atoms with Crippen LogP contribution < -0.4 is 4.90 Å². The zero-order valence-electron chi connectivity index (χ0n) is 24.6. The van der Waals surface area contributed by atoms with E-state index in [-0.39, 0.29) is 5.82 Å². The first kappa shape index (κ1) is 34.7. The summed E-state index contributed by atoms with van der Waals surface area (Å²) in [5.74, 6) is -4.16. The first-order valence-corrected chi connectivity index (χ1v) is 14.0. The van der Waals surface area contributed by atoms with Crippen LogP contribution in [0.25, 0.3) is 11.0 Å². The van der Waals surface area contributed by atoms with Gasteiger partial charge in [0.15, 0.2) is 0 Å². The molecule has 12 nitrogen and oxygen atoms in total. The molecule has 1 saturated heterocycles. The number of nitrogens with zero attached hydrogens (tertiary/aromatic N) is 4. The number of piperazine rings is 1. The molecule has 1 fully saturated rings. The van der Waals surface area contributed by atoms with Crippen LogP contribution in [0.15, 0.2) is 103 Å². The lowest BCUT2D eigenvalue weighted by molar-refractivity contribution is -0.134. The van der Waals surface area contributed by atoms with Crippen molar-refractivity contribution in [3.63, 3.8) is 0 Å². The molecule has 0 spiro atoms. The Morgan fingerprint density at radius 2 is 1.11 bits per heavy atom. The minimum absolute atomic E-state index is 0.180. The topological polar surface area (TPSA) is 174 Å². The predicted octanol–water partition coefficient (Wildman–Crippen LogP) is 3.97. The molecule has 2 heterocycles. The van der Waals surface area contributed by atoms with Crippen LogP contribution in [0, 0.1) is 5.82 Å². The van der Waals surface area contributed by atoms with Gasteiger partial charge in [-0.1, -0.05) is 54.6 Å². The number of fused-ring (bicyclic) bond motifs is 1. The van der Waals surface area contributed by atoms with Crippen molar-refractivity contribution in [2.45, 2.75) is 13.1 Å². The van der Waals surface area contributed by atoms with Gasteiger partial charge in [0.2, 0.25) is 5.95 Å². The summed E-state index contributed by atoms with van der Waals surface area (Å²) in [7, 11) is 0. The number of carbonyl (C=O) groups is 4. The fraction of sp³-hybridized carbons (Fsp3) is 0.182. The molecule has 0 aliphatic carbocycles. The molecule has 1 aromatic heterocycles. The molecule has 240 valence electrons. The summed E-state index contributed by atoms with van der Waals surface area (Å²) in [5.41, 5.74) is 4.64. The van der Waals surface area contributed by atoms with Crippen molar-refractivity contribution in [3.8, 4) is 0 Å². The molecule has 4 aromatic rings. The largest absolute Gasteiger partial charge is 0.478 e. The number of aromatic nitrogens is 2. The number of carboxylic acid groups (broad SMARTS) is 4. The molecule has 5 rings (SSSR count). The van der Waals surface area contributed by atoms with Crippen molar-refractivity contribution in [2.24, 2.45) is 0 Å². The van der Waals surface area contributed by atoms with E-state index in [4.69, 9.17) is 25.4 Å². The van der Waals surface area contributed by atoms with E-state index in [1.807, 2.05) is 18.2 Å². The Bertz CT molecular complexity index is 1610. The second kappa shape index (κ2) is 17.5. The Morgan fingerprint density at radius 1 is 0.630 bits per heavy atom. The first-order chi connectivity index (χ1) is 22.0. The van der Waals surface area contributed by atoms with Crippen molar-refractivity contribution < 1.29 is 44.0 Å². The van der Waals surface area contributed by atoms with Gasteiger partial charge in [0.1, 0.15) is 5.82 Å². The SMILES string of the molecule is Fc1ccc(CN2CCN(c3nc4ccccc4n3Cc3ccccc3)CC2)cc1.O=C(O)/C=C/C(=O)O.O=C(O)/C=C/C(=O)O. The lowest BCUT2D eigenvalue weighted by Crippen LogP contribution is -2.46. The van der Waals surface area contributed by atoms with Gasteiger partial charge in [-0.2, -0.15) is 0 Å². The second-order valence-electron chi connectivity index (χ2n) is 9.88. The smallest absolute Gasteiger partial charge is 0.328 e. The minimum atomic E-state index is -1.26. The number of benzene rings is 3. The highest BCUT2D eigenvalue weighted by molar-refractivity contribution is 5.90.